The van der Waals surface area contributed by atoms with Gasteiger partial charge >= 0.3 is 0 Å². The minimum absolute atomic E-state index is 0.0238. The zero-order valence-electron chi connectivity index (χ0n) is 13.6. The number of likely N-dealkylation sites (N-methyl/N-ethyl adjacent to an activating group) is 1. The van der Waals surface area contributed by atoms with Crippen LogP contribution in [0.15, 0.2) is 24.3 Å². The zero-order valence-corrected chi connectivity index (χ0v) is 13.6. The largest absolute Gasteiger partial charge is 0.342 e. The fourth-order valence-electron chi connectivity index (χ4n) is 3.17. The third kappa shape index (κ3) is 3.65. The van der Waals surface area contributed by atoms with Gasteiger partial charge in [0.05, 0.1) is 5.92 Å². The average molecular weight is 288 g/mol. The molecule has 1 aliphatic rings. The highest BCUT2D eigenvalue weighted by Crippen LogP contribution is 2.26. The van der Waals surface area contributed by atoms with Crippen molar-refractivity contribution in [3.63, 3.8) is 0 Å². The Morgan fingerprint density at radius 1 is 1.29 bits per heavy atom. The lowest BCUT2D eigenvalue weighted by Gasteiger charge is -2.32. The molecule has 1 amide bonds. The summed E-state index contributed by atoms with van der Waals surface area (Å²) in [5.41, 5.74) is 2.48. The van der Waals surface area contributed by atoms with Crippen LogP contribution in [0.2, 0.25) is 0 Å². The van der Waals surface area contributed by atoms with Gasteiger partial charge in [0.2, 0.25) is 5.91 Å². The maximum atomic E-state index is 12.9. The van der Waals surface area contributed by atoms with Crippen LogP contribution in [-0.4, -0.2) is 30.4 Å². The van der Waals surface area contributed by atoms with E-state index in [2.05, 4.69) is 44.3 Å². The molecule has 3 nitrogen and oxygen atoms in total. The molecule has 116 valence electrons. The second kappa shape index (κ2) is 7.60. The minimum Gasteiger partial charge on any atom is -0.342 e. The number of amides is 1. The Bertz CT molecular complexity index is 468. The van der Waals surface area contributed by atoms with Crippen LogP contribution in [0.25, 0.3) is 0 Å². The molecule has 0 saturated carbocycles. The highest BCUT2D eigenvalue weighted by Gasteiger charge is 2.29. The first-order valence-electron chi connectivity index (χ1n) is 8.28. The molecule has 1 aromatic rings. The summed E-state index contributed by atoms with van der Waals surface area (Å²) >= 11 is 0. The van der Waals surface area contributed by atoms with Crippen molar-refractivity contribution < 1.29 is 4.79 Å². The van der Waals surface area contributed by atoms with Gasteiger partial charge < -0.3 is 10.2 Å². The van der Waals surface area contributed by atoms with E-state index in [9.17, 15) is 4.79 Å². The highest BCUT2D eigenvalue weighted by molar-refractivity contribution is 5.84. The Labute approximate surface area is 128 Å². The number of rotatable bonds is 6. The summed E-state index contributed by atoms with van der Waals surface area (Å²) in [4.78, 5) is 15.0. The third-order valence-electron chi connectivity index (χ3n) is 4.72. The van der Waals surface area contributed by atoms with Crippen LogP contribution >= 0.6 is 0 Å². The Morgan fingerprint density at radius 2 is 2.00 bits per heavy atom. The van der Waals surface area contributed by atoms with Gasteiger partial charge in [0.25, 0.3) is 0 Å². The fraction of sp³-hybridized carbons (Fsp3) is 0.611. The van der Waals surface area contributed by atoms with Crippen molar-refractivity contribution in [1.29, 1.82) is 0 Å². The van der Waals surface area contributed by atoms with Gasteiger partial charge in [0.15, 0.2) is 0 Å². The van der Waals surface area contributed by atoms with Crippen molar-refractivity contribution in [3.8, 4) is 0 Å². The van der Waals surface area contributed by atoms with E-state index >= 15 is 0 Å². The number of nitrogens with one attached hydrogen (secondary N) is 1. The molecule has 0 radical (unpaired) electrons. The van der Waals surface area contributed by atoms with Crippen molar-refractivity contribution in [1.82, 2.24) is 10.2 Å². The quantitative estimate of drug-likeness (QED) is 0.872. The van der Waals surface area contributed by atoms with Crippen molar-refractivity contribution in [2.75, 3.05) is 19.6 Å². The van der Waals surface area contributed by atoms with Crippen LogP contribution in [-0.2, 0) is 11.3 Å². The van der Waals surface area contributed by atoms with Crippen LogP contribution in [0.4, 0.5) is 0 Å². The molecular formula is C18H28N2O. The number of carbonyl (C=O) groups is 1. The Morgan fingerprint density at radius 3 is 2.67 bits per heavy atom. The first-order valence-corrected chi connectivity index (χ1v) is 8.28. The normalized spacial score (nSPS) is 17.6. The molecule has 1 N–H and O–H groups in total. The zero-order chi connectivity index (χ0) is 15.2. The standard InChI is InChI=1S/C18H28N2O/c1-4-14(5-2)13-20(6-3)18(21)17-12-19-11-15-9-7-8-10-16(15)17/h7-10,14,17,19H,4-6,11-13H2,1-3H3. The molecule has 1 aromatic carbocycles. The van der Waals surface area contributed by atoms with Gasteiger partial charge in [0.1, 0.15) is 0 Å². The van der Waals surface area contributed by atoms with E-state index in [1.165, 1.54) is 11.1 Å². The van der Waals surface area contributed by atoms with Crippen molar-refractivity contribution in [2.45, 2.75) is 46.1 Å². The van der Waals surface area contributed by atoms with E-state index in [4.69, 9.17) is 0 Å². The molecule has 1 unspecified atom stereocenters. The van der Waals surface area contributed by atoms with E-state index in [1.54, 1.807) is 0 Å². The van der Waals surface area contributed by atoms with E-state index in [-0.39, 0.29) is 11.8 Å². The second-order valence-electron chi connectivity index (χ2n) is 5.94. The second-order valence-corrected chi connectivity index (χ2v) is 5.94. The van der Waals surface area contributed by atoms with Gasteiger partial charge in [-0.1, -0.05) is 51.0 Å². The molecule has 1 atom stereocenters. The Kier molecular flexibility index (Phi) is 5.80. The molecule has 0 spiro atoms. The van der Waals surface area contributed by atoms with Gasteiger partial charge in [-0.05, 0) is 24.0 Å². The van der Waals surface area contributed by atoms with Crippen LogP contribution in [0, 0.1) is 5.92 Å². The maximum absolute atomic E-state index is 12.9. The summed E-state index contributed by atoms with van der Waals surface area (Å²) in [6.45, 7) is 9.83. The molecule has 1 aliphatic heterocycles. The number of hydrogen-bond donors (Lipinski definition) is 1. The number of benzene rings is 1. The molecule has 1 heterocycles. The molecule has 2 rings (SSSR count). The third-order valence-corrected chi connectivity index (χ3v) is 4.72. The van der Waals surface area contributed by atoms with Crippen LogP contribution in [0.5, 0.6) is 0 Å². The predicted octanol–water partition coefficient (Wildman–Crippen LogP) is 3.16. The summed E-state index contributed by atoms with van der Waals surface area (Å²) in [5.74, 6) is 0.869. The van der Waals surface area contributed by atoms with Gasteiger partial charge in [-0.3, -0.25) is 4.79 Å². The minimum atomic E-state index is -0.0238. The average Bonchev–Trinajstić information content (AvgIpc) is 2.55. The SMILES string of the molecule is CCC(CC)CN(CC)C(=O)C1CNCc2ccccc21. The maximum Gasteiger partial charge on any atom is 0.231 e. The first kappa shape index (κ1) is 16.0. The molecule has 3 heteroatoms. The van der Waals surface area contributed by atoms with E-state index in [0.29, 0.717) is 5.92 Å². The smallest absolute Gasteiger partial charge is 0.231 e. The lowest BCUT2D eigenvalue weighted by atomic mass is 9.89. The van der Waals surface area contributed by atoms with Crippen molar-refractivity contribution in [3.05, 3.63) is 35.4 Å². The predicted molar refractivity (Wildman–Crippen MR) is 87.2 cm³/mol. The fourth-order valence-corrected chi connectivity index (χ4v) is 3.17. The Hall–Kier alpha value is -1.35. The summed E-state index contributed by atoms with van der Waals surface area (Å²) < 4.78 is 0. The summed E-state index contributed by atoms with van der Waals surface area (Å²) in [6, 6.07) is 8.33. The number of carbonyl (C=O) groups excluding carboxylic acids is 1. The van der Waals surface area contributed by atoms with Gasteiger partial charge in [-0.15, -0.1) is 0 Å². The highest BCUT2D eigenvalue weighted by atomic mass is 16.2. The van der Waals surface area contributed by atoms with Crippen LogP contribution < -0.4 is 5.32 Å². The topological polar surface area (TPSA) is 32.3 Å². The molecule has 0 aliphatic carbocycles. The Balaban J connectivity index is 2.15. The lowest BCUT2D eigenvalue weighted by Crippen LogP contribution is -2.43. The van der Waals surface area contributed by atoms with Crippen LogP contribution in [0.1, 0.15) is 50.7 Å². The lowest BCUT2D eigenvalue weighted by molar-refractivity contribution is -0.133. The number of hydrogen-bond acceptors (Lipinski definition) is 2. The molecular weight excluding hydrogens is 260 g/mol. The van der Waals surface area contributed by atoms with Crippen molar-refractivity contribution >= 4 is 5.91 Å². The summed E-state index contributed by atoms with van der Waals surface area (Å²) in [7, 11) is 0. The number of fused-ring (bicyclic) bond motifs is 1. The molecule has 0 aromatic heterocycles. The summed E-state index contributed by atoms with van der Waals surface area (Å²) in [6.07, 6.45) is 2.28. The van der Waals surface area contributed by atoms with Gasteiger partial charge in [0, 0.05) is 26.2 Å². The van der Waals surface area contributed by atoms with Crippen molar-refractivity contribution in [2.24, 2.45) is 5.92 Å². The molecule has 21 heavy (non-hydrogen) atoms. The number of nitrogens with zero attached hydrogens (tertiary/aromatic N) is 1. The monoisotopic (exact) mass is 288 g/mol. The van der Waals surface area contributed by atoms with E-state index < -0.39 is 0 Å². The van der Waals surface area contributed by atoms with Gasteiger partial charge in [-0.25, -0.2) is 0 Å². The molecule has 0 fully saturated rings. The first-order chi connectivity index (χ1) is 10.2. The summed E-state index contributed by atoms with van der Waals surface area (Å²) in [5, 5.41) is 3.38. The van der Waals surface area contributed by atoms with Gasteiger partial charge in [-0.2, -0.15) is 0 Å². The molecule has 0 bridgehead atoms. The molecule has 0 saturated heterocycles. The van der Waals surface area contributed by atoms with Crippen LogP contribution in [0.3, 0.4) is 0 Å². The van der Waals surface area contributed by atoms with E-state index in [1.807, 2.05) is 11.0 Å². The van der Waals surface area contributed by atoms with E-state index in [0.717, 1.165) is 39.0 Å².